The minimum Gasteiger partial charge on any atom is -0.493 e. The van der Waals surface area contributed by atoms with E-state index in [9.17, 15) is 0 Å². The molecule has 0 spiro atoms. The van der Waals surface area contributed by atoms with Crippen molar-refractivity contribution in [2.24, 2.45) is 0 Å². The molecular weight excluding hydrogens is 243 g/mol. The van der Waals surface area contributed by atoms with Crippen molar-refractivity contribution in [1.29, 1.82) is 0 Å². The van der Waals surface area contributed by atoms with Gasteiger partial charge in [0, 0.05) is 17.0 Å². The van der Waals surface area contributed by atoms with Crippen LogP contribution >= 0.6 is 23.2 Å². The molecule has 3 heteroatoms. The van der Waals surface area contributed by atoms with Gasteiger partial charge >= 0.3 is 0 Å². The van der Waals surface area contributed by atoms with Gasteiger partial charge in [-0.25, -0.2) is 0 Å². The topological polar surface area (TPSA) is 9.23 Å². The standard InChI is InChI=1S/C13H14Cl2O/c1-7-2-3-9(14)12-10(15)6-8-4-5-16-13(8)11(7)12/h6-7,9H,2-5H2,1H3. The average Bonchev–Trinajstić information content (AvgIpc) is 2.70. The Morgan fingerprint density at radius 3 is 2.94 bits per heavy atom. The number of alkyl halides is 1. The van der Waals surface area contributed by atoms with Gasteiger partial charge < -0.3 is 4.74 Å². The fraction of sp³-hybridized carbons (Fsp3) is 0.538. The normalized spacial score (nSPS) is 27.2. The zero-order valence-electron chi connectivity index (χ0n) is 9.22. The number of ether oxygens (including phenoxy) is 1. The molecule has 1 nitrogen and oxygen atoms in total. The van der Waals surface area contributed by atoms with Crippen LogP contribution in [0.1, 0.15) is 47.8 Å². The molecule has 0 bridgehead atoms. The molecule has 1 heterocycles. The molecule has 0 radical (unpaired) electrons. The van der Waals surface area contributed by atoms with Gasteiger partial charge in [0.25, 0.3) is 0 Å². The number of hydrogen-bond donors (Lipinski definition) is 0. The van der Waals surface area contributed by atoms with Crippen LogP contribution in [0.3, 0.4) is 0 Å². The summed E-state index contributed by atoms with van der Waals surface area (Å²) < 4.78 is 5.75. The first-order chi connectivity index (χ1) is 7.68. The van der Waals surface area contributed by atoms with E-state index >= 15 is 0 Å². The second-order valence-electron chi connectivity index (χ2n) is 4.72. The van der Waals surface area contributed by atoms with Gasteiger partial charge in [-0.3, -0.25) is 0 Å². The van der Waals surface area contributed by atoms with Crippen molar-refractivity contribution in [3.63, 3.8) is 0 Å². The summed E-state index contributed by atoms with van der Waals surface area (Å²) >= 11 is 12.7. The second-order valence-corrected chi connectivity index (χ2v) is 5.65. The summed E-state index contributed by atoms with van der Waals surface area (Å²) in [5.74, 6) is 1.58. The van der Waals surface area contributed by atoms with E-state index in [1.807, 2.05) is 6.07 Å². The Morgan fingerprint density at radius 2 is 2.12 bits per heavy atom. The molecule has 1 aliphatic heterocycles. The fourth-order valence-electron chi connectivity index (χ4n) is 2.83. The summed E-state index contributed by atoms with van der Waals surface area (Å²) in [6.45, 7) is 3.02. The zero-order valence-corrected chi connectivity index (χ0v) is 10.7. The maximum absolute atomic E-state index is 6.38. The summed E-state index contributed by atoms with van der Waals surface area (Å²) in [4.78, 5) is 0. The first kappa shape index (κ1) is 10.7. The Labute approximate surface area is 106 Å². The molecule has 0 saturated carbocycles. The SMILES string of the molecule is CC1CCC(Cl)c2c(Cl)cc3c(c21)OCC3. The lowest BCUT2D eigenvalue weighted by molar-refractivity contribution is 0.348. The first-order valence-electron chi connectivity index (χ1n) is 5.80. The Kier molecular flexibility index (Phi) is 2.56. The molecule has 1 aromatic rings. The predicted octanol–water partition coefficient (Wildman–Crippen LogP) is 4.45. The maximum Gasteiger partial charge on any atom is 0.126 e. The molecule has 1 aromatic carbocycles. The Hall–Kier alpha value is -0.400. The van der Waals surface area contributed by atoms with E-state index in [1.54, 1.807) is 0 Å². The monoisotopic (exact) mass is 256 g/mol. The highest BCUT2D eigenvalue weighted by Crippen LogP contribution is 2.50. The minimum atomic E-state index is 0.0493. The molecule has 1 aliphatic carbocycles. The Balaban J connectivity index is 2.27. The summed E-state index contributed by atoms with van der Waals surface area (Å²) in [6.07, 6.45) is 3.10. The third-order valence-electron chi connectivity index (χ3n) is 3.66. The molecule has 0 fully saturated rings. The maximum atomic E-state index is 6.38. The van der Waals surface area contributed by atoms with Crippen molar-refractivity contribution >= 4 is 23.2 Å². The van der Waals surface area contributed by atoms with E-state index in [1.165, 1.54) is 11.1 Å². The van der Waals surface area contributed by atoms with Crippen molar-refractivity contribution in [3.05, 3.63) is 27.8 Å². The van der Waals surface area contributed by atoms with Crippen LogP contribution in [-0.4, -0.2) is 6.61 Å². The molecule has 2 aliphatic rings. The third kappa shape index (κ3) is 1.45. The molecule has 0 N–H and O–H groups in total. The van der Waals surface area contributed by atoms with Gasteiger partial charge in [-0.1, -0.05) is 18.5 Å². The van der Waals surface area contributed by atoms with Gasteiger partial charge in [-0.15, -0.1) is 11.6 Å². The summed E-state index contributed by atoms with van der Waals surface area (Å²) in [7, 11) is 0. The van der Waals surface area contributed by atoms with Crippen molar-refractivity contribution < 1.29 is 4.74 Å². The van der Waals surface area contributed by atoms with Crippen LogP contribution in [0.4, 0.5) is 0 Å². The number of fused-ring (bicyclic) bond motifs is 3. The van der Waals surface area contributed by atoms with Gasteiger partial charge in [0.15, 0.2) is 0 Å². The predicted molar refractivity (Wildman–Crippen MR) is 66.9 cm³/mol. The molecular formula is C13H14Cl2O. The van der Waals surface area contributed by atoms with Crippen molar-refractivity contribution in [1.82, 2.24) is 0 Å². The second kappa shape index (κ2) is 3.82. The molecule has 0 saturated heterocycles. The first-order valence-corrected chi connectivity index (χ1v) is 6.62. The Morgan fingerprint density at radius 1 is 1.31 bits per heavy atom. The van der Waals surface area contributed by atoms with Gasteiger partial charge in [-0.2, -0.15) is 0 Å². The van der Waals surface area contributed by atoms with Crippen molar-refractivity contribution in [2.45, 2.75) is 37.5 Å². The summed E-state index contributed by atoms with van der Waals surface area (Å²) in [5.41, 5.74) is 3.63. The highest BCUT2D eigenvalue weighted by atomic mass is 35.5. The lowest BCUT2D eigenvalue weighted by Gasteiger charge is -2.28. The van der Waals surface area contributed by atoms with Gasteiger partial charge in [0.05, 0.1) is 12.0 Å². The third-order valence-corrected chi connectivity index (χ3v) is 4.41. The highest BCUT2D eigenvalue weighted by molar-refractivity contribution is 6.33. The van der Waals surface area contributed by atoms with Crippen LogP contribution in [0.5, 0.6) is 5.75 Å². The smallest absolute Gasteiger partial charge is 0.126 e. The van der Waals surface area contributed by atoms with Gasteiger partial charge in [0.2, 0.25) is 0 Å². The van der Waals surface area contributed by atoms with E-state index in [0.717, 1.165) is 42.2 Å². The quantitative estimate of drug-likeness (QED) is 0.624. The number of benzene rings is 1. The summed E-state index contributed by atoms with van der Waals surface area (Å²) in [5, 5.41) is 0.874. The highest BCUT2D eigenvalue weighted by Gasteiger charge is 2.32. The van der Waals surface area contributed by atoms with Crippen LogP contribution in [-0.2, 0) is 6.42 Å². The summed E-state index contributed by atoms with van der Waals surface area (Å²) in [6, 6.07) is 2.04. The number of rotatable bonds is 0. The number of halogens is 2. The fourth-order valence-corrected chi connectivity index (χ4v) is 3.61. The largest absolute Gasteiger partial charge is 0.493 e. The molecule has 86 valence electrons. The van der Waals surface area contributed by atoms with Crippen molar-refractivity contribution in [2.75, 3.05) is 6.61 Å². The molecule has 2 atom stereocenters. The van der Waals surface area contributed by atoms with E-state index in [0.29, 0.717) is 5.92 Å². The van der Waals surface area contributed by atoms with Crippen molar-refractivity contribution in [3.8, 4) is 5.75 Å². The Bertz CT molecular complexity index is 442. The molecule has 0 amide bonds. The van der Waals surface area contributed by atoms with Crippen LogP contribution in [0, 0.1) is 0 Å². The molecule has 16 heavy (non-hydrogen) atoms. The molecule has 0 aromatic heterocycles. The van der Waals surface area contributed by atoms with Gasteiger partial charge in [0.1, 0.15) is 5.75 Å². The lowest BCUT2D eigenvalue weighted by Crippen LogP contribution is -2.11. The zero-order chi connectivity index (χ0) is 11.3. The van der Waals surface area contributed by atoms with Crippen LogP contribution in [0.25, 0.3) is 0 Å². The minimum absolute atomic E-state index is 0.0493. The molecule has 3 rings (SSSR count). The average molecular weight is 257 g/mol. The van der Waals surface area contributed by atoms with E-state index in [2.05, 4.69) is 6.92 Å². The van der Waals surface area contributed by atoms with E-state index < -0.39 is 0 Å². The molecule has 2 unspecified atom stereocenters. The van der Waals surface area contributed by atoms with Crippen LogP contribution in [0.2, 0.25) is 5.02 Å². The number of hydrogen-bond acceptors (Lipinski definition) is 1. The van der Waals surface area contributed by atoms with Gasteiger partial charge in [-0.05, 0) is 36.0 Å². The lowest BCUT2D eigenvalue weighted by atomic mass is 9.82. The van der Waals surface area contributed by atoms with E-state index in [4.69, 9.17) is 27.9 Å². The van der Waals surface area contributed by atoms with E-state index in [-0.39, 0.29) is 5.38 Å². The van der Waals surface area contributed by atoms with Crippen LogP contribution < -0.4 is 4.74 Å². The van der Waals surface area contributed by atoms with Crippen LogP contribution in [0.15, 0.2) is 6.07 Å².